The predicted octanol–water partition coefficient (Wildman–Crippen LogP) is 5.37. The third-order valence-corrected chi connectivity index (χ3v) is 8.43. The highest BCUT2D eigenvalue weighted by Crippen LogP contribution is 2.52. The molecule has 3 aromatic rings. The molecule has 0 radical (unpaired) electrons. The lowest BCUT2D eigenvalue weighted by molar-refractivity contribution is 0.0208. The lowest BCUT2D eigenvalue weighted by Gasteiger charge is -2.32. The Morgan fingerprint density at radius 3 is 2.46 bits per heavy atom. The van der Waals surface area contributed by atoms with E-state index in [9.17, 15) is 9.59 Å². The van der Waals surface area contributed by atoms with Crippen molar-refractivity contribution in [1.29, 1.82) is 0 Å². The quantitative estimate of drug-likeness (QED) is 0.388. The Bertz CT molecular complexity index is 1390. The molecule has 10 heteroatoms. The van der Waals surface area contributed by atoms with Crippen molar-refractivity contribution >= 4 is 17.7 Å². The Morgan fingerprint density at radius 2 is 1.85 bits per heavy atom. The van der Waals surface area contributed by atoms with Gasteiger partial charge in [-0.25, -0.2) is 14.6 Å². The number of carboxylic acids is 1. The summed E-state index contributed by atoms with van der Waals surface area (Å²) in [6.07, 6.45) is 5.76. The number of piperidine rings is 1. The van der Waals surface area contributed by atoms with Crippen molar-refractivity contribution in [2.75, 3.05) is 24.5 Å². The van der Waals surface area contributed by atoms with Crippen LogP contribution >= 0.6 is 0 Å². The van der Waals surface area contributed by atoms with Gasteiger partial charge >= 0.3 is 12.1 Å². The molecule has 216 valence electrons. The molecule has 3 aliphatic rings. The molecule has 1 unspecified atom stereocenters. The predicted molar refractivity (Wildman–Crippen MR) is 151 cm³/mol. The average molecular weight is 560 g/mol. The lowest BCUT2D eigenvalue weighted by Crippen LogP contribution is -2.43. The number of ether oxygens (including phenoxy) is 1. The molecule has 2 saturated carbocycles. The molecular weight excluding hydrogens is 522 g/mol. The minimum Gasteiger partial charge on any atom is -0.477 e. The minimum atomic E-state index is -1.03. The van der Waals surface area contributed by atoms with Gasteiger partial charge in [-0.05, 0) is 70.6 Å². The Hall–Kier alpha value is -3.95. The van der Waals surface area contributed by atoms with Crippen molar-refractivity contribution in [2.24, 2.45) is 0 Å². The first-order valence-electron chi connectivity index (χ1n) is 14.4. The van der Waals surface area contributed by atoms with Gasteiger partial charge in [0.25, 0.3) is 0 Å². The number of aromatic nitrogens is 3. The molecule has 1 aromatic carbocycles. The van der Waals surface area contributed by atoms with Crippen molar-refractivity contribution in [2.45, 2.75) is 81.8 Å². The van der Waals surface area contributed by atoms with Gasteiger partial charge in [-0.15, -0.1) is 0 Å². The molecule has 2 aliphatic carbocycles. The second kappa shape index (κ2) is 10.5. The van der Waals surface area contributed by atoms with Crippen LogP contribution in [0.2, 0.25) is 0 Å². The number of benzene rings is 1. The first-order valence-corrected chi connectivity index (χ1v) is 14.4. The number of carbonyl (C=O) groups excluding carboxylic acids is 1. The summed E-state index contributed by atoms with van der Waals surface area (Å²) < 4.78 is 11.7. The molecule has 3 fully saturated rings. The standard InChI is InChI=1S/C31H37N5O5/c1-30(2,3)40-29(39)36(25-17-23(25)20-7-5-4-6-8-20)19-31(13-14-31)28-33-26(41-34-28)21-11-15-35(16-12-21)22-9-10-24(27(37)38)32-18-22/h4-10,18,21,23,25H,11-17,19H2,1-3H3,(H,37,38)/t23?,25-/m0/s1. The molecule has 1 N–H and O–H groups in total. The monoisotopic (exact) mass is 559 g/mol. The smallest absolute Gasteiger partial charge is 0.410 e. The van der Waals surface area contributed by atoms with Gasteiger partial charge in [-0.2, -0.15) is 4.98 Å². The fraction of sp³-hybridized carbons (Fsp3) is 0.516. The summed E-state index contributed by atoms with van der Waals surface area (Å²) in [5.41, 5.74) is 1.32. The molecule has 10 nitrogen and oxygen atoms in total. The van der Waals surface area contributed by atoms with Crippen LogP contribution in [0.15, 0.2) is 53.2 Å². The van der Waals surface area contributed by atoms with Crippen molar-refractivity contribution in [3.05, 3.63) is 71.6 Å². The van der Waals surface area contributed by atoms with Gasteiger partial charge in [0.05, 0.1) is 17.3 Å². The molecular formula is C31H37N5O5. The van der Waals surface area contributed by atoms with Crippen LogP contribution in [0.3, 0.4) is 0 Å². The Balaban J connectivity index is 1.12. The van der Waals surface area contributed by atoms with E-state index in [4.69, 9.17) is 19.4 Å². The molecule has 2 atom stereocenters. The van der Waals surface area contributed by atoms with Crippen LogP contribution in [-0.4, -0.2) is 68.5 Å². The fourth-order valence-corrected chi connectivity index (χ4v) is 5.85. The topological polar surface area (TPSA) is 122 Å². The second-order valence-corrected chi connectivity index (χ2v) is 12.6. The summed E-state index contributed by atoms with van der Waals surface area (Å²) in [6, 6.07) is 13.8. The Labute approximate surface area is 239 Å². The first kappa shape index (κ1) is 27.2. The van der Waals surface area contributed by atoms with Gasteiger partial charge in [0.2, 0.25) is 5.89 Å². The Morgan fingerprint density at radius 1 is 1.12 bits per heavy atom. The molecule has 0 spiro atoms. The molecule has 1 aliphatic heterocycles. The summed E-state index contributed by atoms with van der Waals surface area (Å²) in [5.74, 6) is 0.776. The lowest BCUT2D eigenvalue weighted by atomic mass is 9.96. The summed E-state index contributed by atoms with van der Waals surface area (Å²) in [7, 11) is 0. The van der Waals surface area contributed by atoms with Gasteiger partial charge in [0, 0.05) is 37.5 Å². The first-order chi connectivity index (χ1) is 19.6. The molecule has 0 bridgehead atoms. The number of amides is 1. The van der Waals surface area contributed by atoms with Crippen molar-refractivity contribution in [3.8, 4) is 0 Å². The number of carboxylic acid groups (broad SMARTS) is 1. The number of nitrogens with zero attached hydrogens (tertiary/aromatic N) is 5. The highest BCUT2D eigenvalue weighted by atomic mass is 16.6. The molecule has 2 aromatic heterocycles. The number of carbonyl (C=O) groups is 2. The van der Waals surface area contributed by atoms with Crippen molar-refractivity contribution < 1.29 is 24.0 Å². The van der Waals surface area contributed by atoms with Crippen LogP contribution in [0.25, 0.3) is 0 Å². The average Bonchev–Trinajstić information content (AvgIpc) is 3.87. The maximum Gasteiger partial charge on any atom is 0.410 e. The maximum atomic E-state index is 13.4. The van der Waals surface area contributed by atoms with E-state index in [1.54, 1.807) is 12.3 Å². The molecule has 1 saturated heterocycles. The largest absolute Gasteiger partial charge is 0.477 e. The molecule has 41 heavy (non-hydrogen) atoms. The zero-order valence-electron chi connectivity index (χ0n) is 23.8. The van der Waals surface area contributed by atoms with E-state index in [0.717, 1.165) is 50.9 Å². The number of aromatic carboxylic acids is 1. The van der Waals surface area contributed by atoms with Crippen molar-refractivity contribution in [3.63, 3.8) is 0 Å². The van der Waals surface area contributed by atoms with Gasteiger partial charge in [-0.1, -0.05) is 35.5 Å². The molecule has 3 heterocycles. The normalized spacial score (nSPS) is 21.8. The third kappa shape index (κ3) is 5.92. The van der Waals surface area contributed by atoms with E-state index in [2.05, 4.69) is 27.2 Å². The number of pyridine rings is 1. The van der Waals surface area contributed by atoms with E-state index in [1.165, 1.54) is 11.6 Å². The highest BCUT2D eigenvalue weighted by Gasteiger charge is 2.55. The van der Waals surface area contributed by atoms with Crippen LogP contribution in [0.4, 0.5) is 10.5 Å². The van der Waals surface area contributed by atoms with Crippen molar-refractivity contribution in [1.82, 2.24) is 20.0 Å². The van der Waals surface area contributed by atoms with E-state index in [-0.39, 0.29) is 29.2 Å². The van der Waals surface area contributed by atoms with Crippen LogP contribution in [-0.2, 0) is 10.2 Å². The van der Waals surface area contributed by atoms with Crippen LogP contribution < -0.4 is 4.90 Å². The maximum absolute atomic E-state index is 13.4. The SMILES string of the molecule is CC(C)(C)OC(=O)N(CC1(c2noc(C3CCN(c4ccc(C(=O)O)nc4)CC3)n2)CC1)[C@H]1CC1c1ccccc1. The van der Waals surface area contributed by atoms with Crippen LogP contribution in [0, 0.1) is 0 Å². The van der Waals surface area contributed by atoms with Gasteiger partial charge in [-0.3, -0.25) is 0 Å². The third-order valence-electron chi connectivity index (χ3n) is 8.43. The number of rotatable bonds is 8. The molecule has 1 amide bonds. The summed E-state index contributed by atoms with van der Waals surface area (Å²) >= 11 is 0. The van der Waals surface area contributed by atoms with E-state index in [0.29, 0.717) is 24.2 Å². The number of hydrogen-bond donors (Lipinski definition) is 1. The number of hydrogen-bond acceptors (Lipinski definition) is 8. The minimum absolute atomic E-state index is 0.0403. The summed E-state index contributed by atoms with van der Waals surface area (Å²) in [6.45, 7) is 7.79. The van der Waals surface area contributed by atoms with Gasteiger partial charge in [0.15, 0.2) is 5.82 Å². The van der Waals surface area contributed by atoms with Gasteiger partial charge < -0.3 is 24.2 Å². The second-order valence-electron chi connectivity index (χ2n) is 12.6. The summed E-state index contributed by atoms with van der Waals surface area (Å²) in [4.78, 5) is 37.5. The van der Waals surface area contributed by atoms with E-state index >= 15 is 0 Å². The summed E-state index contributed by atoms with van der Waals surface area (Å²) in [5, 5.41) is 13.5. The Kier molecular flexibility index (Phi) is 6.95. The van der Waals surface area contributed by atoms with E-state index < -0.39 is 11.6 Å². The van der Waals surface area contributed by atoms with Crippen LogP contribution in [0.1, 0.15) is 92.5 Å². The zero-order valence-corrected chi connectivity index (χ0v) is 23.8. The fourth-order valence-electron chi connectivity index (χ4n) is 5.85. The van der Waals surface area contributed by atoms with Gasteiger partial charge in [0.1, 0.15) is 11.3 Å². The molecule has 6 rings (SSSR count). The van der Waals surface area contributed by atoms with Crippen LogP contribution in [0.5, 0.6) is 0 Å². The number of anilines is 1. The zero-order chi connectivity index (χ0) is 28.8. The highest BCUT2D eigenvalue weighted by molar-refractivity contribution is 5.85. The van der Waals surface area contributed by atoms with E-state index in [1.807, 2.05) is 43.9 Å².